The van der Waals surface area contributed by atoms with Gasteiger partial charge < -0.3 is 5.32 Å². The standard InChI is InChI=1S/C10H9F2NO2/c1-6(14)13-5-10(15)8-4-7(11)2-3-9(8)12/h2-4H,5H2,1H3,(H,13,14). The molecule has 0 fully saturated rings. The summed E-state index contributed by atoms with van der Waals surface area (Å²) in [5.41, 5.74) is -0.358. The molecule has 5 heteroatoms. The van der Waals surface area contributed by atoms with Crippen LogP contribution < -0.4 is 5.32 Å². The van der Waals surface area contributed by atoms with Crippen molar-refractivity contribution in [3.63, 3.8) is 0 Å². The third-order valence-corrected chi connectivity index (χ3v) is 1.73. The molecule has 1 amide bonds. The average molecular weight is 213 g/mol. The highest BCUT2D eigenvalue weighted by Gasteiger charge is 2.12. The fourth-order valence-corrected chi connectivity index (χ4v) is 1.01. The fraction of sp³-hybridized carbons (Fsp3) is 0.200. The van der Waals surface area contributed by atoms with Gasteiger partial charge in [-0.3, -0.25) is 9.59 Å². The van der Waals surface area contributed by atoms with E-state index < -0.39 is 23.3 Å². The monoisotopic (exact) mass is 213 g/mol. The zero-order chi connectivity index (χ0) is 11.4. The first-order chi connectivity index (χ1) is 7.00. The number of hydrogen-bond acceptors (Lipinski definition) is 2. The summed E-state index contributed by atoms with van der Waals surface area (Å²) in [6, 6.07) is 2.60. The molecule has 15 heavy (non-hydrogen) atoms. The van der Waals surface area contributed by atoms with Gasteiger partial charge in [0.25, 0.3) is 0 Å². The van der Waals surface area contributed by atoms with Crippen LogP contribution in [0.4, 0.5) is 8.78 Å². The lowest BCUT2D eigenvalue weighted by Crippen LogP contribution is -2.27. The van der Waals surface area contributed by atoms with Gasteiger partial charge in [-0.05, 0) is 18.2 Å². The fourth-order valence-electron chi connectivity index (χ4n) is 1.01. The summed E-state index contributed by atoms with van der Waals surface area (Å²) >= 11 is 0. The predicted octanol–water partition coefficient (Wildman–Crippen LogP) is 1.28. The van der Waals surface area contributed by atoms with Gasteiger partial charge in [-0.1, -0.05) is 0 Å². The van der Waals surface area contributed by atoms with Crippen molar-refractivity contribution in [2.45, 2.75) is 6.92 Å². The first-order valence-electron chi connectivity index (χ1n) is 4.23. The van der Waals surface area contributed by atoms with Gasteiger partial charge in [-0.15, -0.1) is 0 Å². The molecule has 0 aliphatic carbocycles. The van der Waals surface area contributed by atoms with Crippen molar-refractivity contribution < 1.29 is 18.4 Å². The van der Waals surface area contributed by atoms with Crippen LogP contribution in [0.15, 0.2) is 18.2 Å². The Bertz CT molecular complexity index is 404. The van der Waals surface area contributed by atoms with E-state index in [1.54, 1.807) is 0 Å². The van der Waals surface area contributed by atoms with Crippen LogP contribution in [0.5, 0.6) is 0 Å². The van der Waals surface area contributed by atoms with Crippen LogP contribution in [0.25, 0.3) is 0 Å². The molecule has 0 saturated carbocycles. The number of benzene rings is 1. The highest BCUT2D eigenvalue weighted by Crippen LogP contribution is 2.09. The minimum Gasteiger partial charge on any atom is -0.349 e. The molecule has 0 aliphatic rings. The molecule has 80 valence electrons. The highest BCUT2D eigenvalue weighted by atomic mass is 19.1. The largest absolute Gasteiger partial charge is 0.349 e. The third kappa shape index (κ3) is 3.12. The summed E-state index contributed by atoms with van der Waals surface area (Å²) in [6.07, 6.45) is 0. The highest BCUT2D eigenvalue weighted by molar-refractivity contribution is 5.99. The van der Waals surface area contributed by atoms with E-state index in [-0.39, 0.29) is 12.1 Å². The Morgan fingerprint density at radius 2 is 2.00 bits per heavy atom. The molecule has 1 aromatic rings. The molecule has 0 saturated heterocycles. The molecule has 3 nitrogen and oxygen atoms in total. The van der Waals surface area contributed by atoms with Crippen LogP contribution in [0, 0.1) is 11.6 Å². The lowest BCUT2D eigenvalue weighted by Gasteiger charge is -2.03. The van der Waals surface area contributed by atoms with Gasteiger partial charge in [-0.25, -0.2) is 8.78 Å². The first-order valence-corrected chi connectivity index (χ1v) is 4.23. The number of carbonyl (C=O) groups is 2. The molecule has 0 aliphatic heterocycles. The maximum Gasteiger partial charge on any atom is 0.217 e. The van der Waals surface area contributed by atoms with Gasteiger partial charge in [0.05, 0.1) is 12.1 Å². The number of halogens is 2. The Hall–Kier alpha value is -1.78. The number of nitrogens with one attached hydrogen (secondary N) is 1. The SMILES string of the molecule is CC(=O)NCC(=O)c1cc(F)ccc1F. The number of rotatable bonds is 3. The quantitative estimate of drug-likeness (QED) is 0.769. The number of amides is 1. The minimum absolute atomic E-state index is 0.338. The Morgan fingerprint density at radius 1 is 1.33 bits per heavy atom. The maximum atomic E-state index is 13.0. The Kier molecular flexibility index (Phi) is 3.49. The summed E-state index contributed by atoms with van der Waals surface area (Å²) < 4.78 is 25.7. The smallest absolute Gasteiger partial charge is 0.217 e. The van der Waals surface area contributed by atoms with Gasteiger partial charge in [0.15, 0.2) is 5.78 Å². The second-order valence-electron chi connectivity index (χ2n) is 2.96. The number of ketones is 1. The molecule has 1 aromatic carbocycles. The van der Waals surface area contributed by atoms with E-state index in [1.807, 2.05) is 0 Å². The average Bonchev–Trinajstić information content (AvgIpc) is 2.18. The van der Waals surface area contributed by atoms with E-state index in [4.69, 9.17) is 0 Å². The molecule has 0 bridgehead atoms. The minimum atomic E-state index is -0.799. The molecular weight excluding hydrogens is 204 g/mol. The number of carbonyl (C=O) groups excluding carboxylic acids is 2. The van der Waals surface area contributed by atoms with E-state index >= 15 is 0 Å². The van der Waals surface area contributed by atoms with Crippen molar-refractivity contribution in [1.82, 2.24) is 5.32 Å². The summed E-state index contributed by atoms with van der Waals surface area (Å²) in [5, 5.41) is 2.21. The van der Waals surface area contributed by atoms with E-state index in [0.29, 0.717) is 0 Å². The Morgan fingerprint density at radius 3 is 2.60 bits per heavy atom. The molecule has 0 spiro atoms. The predicted molar refractivity (Wildman–Crippen MR) is 49.4 cm³/mol. The number of Topliss-reactive ketones (excluding diaryl/α,β-unsaturated/α-hetero) is 1. The summed E-state index contributed by atoms with van der Waals surface area (Å²) in [6.45, 7) is 0.894. The van der Waals surface area contributed by atoms with Gasteiger partial charge in [0.1, 0.15) is 11.6 Å². The topological polar surface area (TPSA) is 46.2 Å². The molecular formula is C10H9F2NO2. The Balaban J connectivity index is 2.81. The zero-order valence-electron chi connectivity index (χ0n) is 8.01. The lowest BCUT2D eigenvalue weighted by molar-refractivity contribution is -0.118. The van der Waals surface area contributed by atoms with Crippen molar-refractivity contribution in [3.05, 3.63) is 35.4 Å². The molecule has 0 aromatic heterocycles. The molecule has 0 unspecified atom stereocenters. The molecule has 0 heterocycles. The van der Waals surface area contributed by atoms with Crippen LogP contribution in [0.3, 0.4) is 0 Å². The second kappa shape index (κ2) is 4.63. The normalized spacial score (nSPS) is 9.80. The maximum absolute atomic E-state index is 13.0. The molecule has 1 rings (SSSR count). The van der Waals surface area contributed by atoms with Crippen molar-refractivity contribution in [2.75, 3.05) is 6.54 Å². The zero-order valence-corrected chi connectivity index (χ0v) is 8.01. The van der Waals surface area contributed by atoms with Gasteiger partial charge in [-0.2, -0.15) is 0 Å². The number of hydrogen-bond donors (Lipinski definition) is 1. The van der Waals surface area contributed by atoms with Crippen LogP contribution in [0.2, 0.25) is 0 Å². The van der Waals surface area contributed by atoms with E-state index in [9.17, 15) is 18.4 Å². The van der Waals surface area contributed by atoms with Gasteiger partial charge in [0.2, 0.25) is 5.91 Å². The van der Waals surface area contributed by atoms with E-state index in [0.717, 1.165) is 18.2 Å². The van der Waals surface area contributed by atoms with Crippen molar-refractivity contribution >= 4 is 11.7 Å². The van der Waals surface area contributed by atoms with Crippen molar-refractivity contribution in [3.8, 4) is 0 Å². The van der Waals surface area contributed by atoms with E-state index in [2.05, 4.69) is 5.32 Å². The van der Waals surface area contributed by atoms with Crippen molar-refractivity contribution in [1.29, 1.82) is 0 Å². The van der Waals surface area contributed by atoms with E-state index in [1.165, 1.54) is 6.92 Å². The first kappa shape index (κ1) is 11.3. The second-order valence-corrected chi connectivity index (χ2v) is 2.96. The summed E-state index contributed by atoms with van der Waals surface area (Å²) in [5.74, 6) is -2.56. The van der Waals surface area contributed by atoms with Crippen LogP contribution >= 0.6 is 0 Å². The van der Waals surface area contributed by atoms with Crippen LogP contribution in [-0.4, -0.2) is 18.2 Å². The Labute approximate surface area is 85.1 Å². The van der Waals surface area contributed by atoms with Gasteiger partial charge >= 0.3 is 0 Å². The summed E-state index contributed by atoms with van der Waals surface area (Å²) in [7, 11) is 0. The molecule has 1 N–H and O–H groups in total. The van der Waals surface area contributed by atoms with Gasteiger partial charge in [0, 0.05) is 6.92 Å². The van der Waals surface area contributed by atoms with Crippen LogP contribution in [0.1, 0.15) is 17.3 Å². The van der Waals surface area contributed by atoms with Crippen molar-refractivity contribution in [2.24, 2.45) is 0 Å². The summed E-state index contributed by atoms with van der Waals surface area (Å²) in [4.78, 5) is 21.8. The lowest BCUT2D eigenvalue weighted by atomic mass is 10.1. The van der Waals surface area contributed by atoms with Crippen LogP contribution in [-0.2, 0) is 4.79 Å². The molecule has 0 radical (unpaired) electrons. The third-order valence-electron chi connectivity index (χ3n) is 1.73. The molecule has 0 atom stereocenters.